The Morgan fingerprint density at radius 3 is 2.46 bits per heavy atom. The molecule has 0 spiro atoms. The van der Waals surface area contributed by atoms with E-state index in [1.54, 1.807) is 18.2 Å². The van der Waals surface area contributed by atoms with Crippen LogP contribution in [0.4, 0.5) is 4.39 Å². The molecule has 24 heavy (non-hydrogen) atoms. The van der Waals surface area contributed by atoms with Crippen LogP contribution in [0.3, 0.4) is 0 Å². The van der Waals surface area contributed by atoms with Crippen molar-refractivity contribution in [3.63, 3.8) is 0 Å². The van der Waals surface area contributed by atoms with Crippen molar-refractivity contribution in [2.75, 3.05) is 7.11 Å². The second kappa shape index (κ2) is 7.79. The minimum Gasteiger partial charge on any atom is -0.495 e. The quantitative estimate of drug-likeness (QED) is 0.838. The summed E-state index contributed by atoms with van der Waals surface area (Å²) in [7, 11) is 1.50. The second-order valence-corrected chi connectivity index (χ2v) is 5.52. The monoisotopic (exact) mass is 350 g/mol. The van der Waals surface area contributed by atoms with Gasteiger partial charge < -0.3 is 15.8 Å². The SMILES string of the molecule is COc1ccc(C[C@H](NC(=O)c2ccc(F)cc2)C(N)=O)cc1Cl. The van der Waals surface area contributed by atoms with E-state index < -0.39 is 23.7 Å². The molecule has 0 saturated heterocycles. The molecule has 1 atom stereocenters. The Kier molecular flexibility index (Phi) is 5.76. The molecule has 3 N–H and O–H groups in total. The van der Waals surface area contributed by atoms with Crippen LogP contribution < -0.4 is 15.8 Å². The highest BCUT2D eigenvalue weighted by Crippen LogP contribution is 2.25. The van der Waals surface area contributed by atoms with Gasteiger partial charge in [-0.25, -0.2) is 4.39 Å². The van der Waals surface area contributed by atoms with Crippen molar-refractivity contribution in [2.24, 2.45) is 5.73 Å². The van der Waals surface area contributed by atoms with Gasteiger partial charge in [-0.1, -0.05) is 17.7 Å². The summed E-state index contributed by atoms with van der Waals surface area (Å²) in [5.74, 6) is -1.15. The van der Waals surface area contributed by atoms with Crippen molar-refractivity contribution in [2.45, 2.75) is 12.5 Å². The van der Waals surface area contributed by atoms with E-state index in [0.717, 1.165) is 12.1 Å². The van der Waals surface area contributed by atoms with Gasteiger partial charge in [0.1, 0.15) is 17.6 Å². The number of benzene rings is 2. The summed E-state index contributed by atoms with van der Waals surface area (Å²) in [6.07, 6.45) is 0.173. The Balaban J connectivity index is 2.12. The Bertz CT molecular complexity index is 750. The topological polar surface area (TPSA) is 81.4 Å². The van der Waals surface area contributed by atoms with Gasteiger partial charge in [-0.3, -0.25) is 9.59 Å². The fourth-order valence-corrected chi connectivity index (χ4v) is 2.42. The fourth-order valence-electron chi connectivity index (χ4n) is 2.14. The molecular weight excluding hydrogens is 335 g/mol. The number of nitrogens with one attached hydrogen (secondary N) is 1. The highest BCUT2D eigenvalue weighted by atomic mass is 35.5. The average Bonchev–Trinajstić information content (AvgIpc) is 2.54. The molecule has 2 amide bonds. The first kappa shape index (κ1) is 17.7. The van der Waals surface area contributed by atoms with Gasteiger partial charge in [-0.15, -0.1) is 0 Å². The lowest BCUT2D eigenvalue weighted by Crippen LogP contribution is -2.45. The maximum atomic E-state index is 12.9. The van der Waals surface area contributed by atoms with E-state index in [4.69, 9.17) is 22.1 Å². The van der Waals surface area contributed by atoms with Crippen molar-refractivity contribution in [3.8, 4) is 5.75 Å². The lowest BCUT2D eigenvalue weighted by atomic mass is 10.0. The predicted octanol–water partition coefficient (Wildman–Crippen LogP) is 2.31. The molecule has 0 aromatic heterocycles. The minimum absolute atomic E-state index is 0.173. The Hall–Kier alpha value is -2.60. The standard InChI is InChI=1S/C17H16ClFN2O3/c1-24-15-7-2-10(8-13(15)18)9-14(16(20)22)21-17(23)11-3-5-12(19)6-4-11/h2-8,14H,9H2,1H3,(H2,20,22)(H,21,23)/t14-/m0/s1. The number of nitrogens with two attached hydrogens (primary N) is 1. The Morgan fingerprint density at radius 2 is 1.92 bits per heavy atom. The highest BCUT2D eigenvalue weighted by Gasteiger charge is 2.20. The second-order valence-electron chi connectivity index (χ2n) is 5.11. The van der Waals surface area contributed by atoms with Crippen LogP contribution >= 0.6 is 11.6 Å². The maximum absolute atomic E-state index is 12.9. The number of amides is 2. The number of primary amides is 1. The number of hydrogen-bond donors (Lipinski definition) is 2. The molecule has 0 radical (unpaired) electrons. The summed E-state index contributed by atoms with van der Waals surface area (Å²) >= 11 is 6.04. The van der Waals surface area contributed by atoms with Crippen molar-refractivity contribution < 1.29 is 18.7 Å². The summed E-state index contributed by atoms with van der Waals surface area (Å²) in [5.41, 5.74) is 6.30. The van der Waals surface area contributed by atoms with E-state index in [9.17, 15) is 14.0 Å². The van der Waals surface area contributed by atoms with Crippen LogP contribution in [0.15, 0.2) is 42.5 Å². The number of rotatable bonds is 6. The molecule has 0 heterocycles. The van der Waals surface area contributed by atoms with Crippen molar-refractivity contribution in [3.05, 3.63) is 64.4 Å². The van der Waals surface area contributed by atoms with E-state index >= 15 is 0 Å². The van der Waals surface area contributed by atoms with Crippen LogP contribution in [0, 0.1) is 5.82 Å². The maximum Gasteiger partial charge on any atom is 0.251 e. The number of carbonyl (C=O) groups excluding carboxylic acids is 2. The molecular formula is C17H16ClFN2O3. The number of ether oxygens (including phenoxy) is 1. The lowest BCUT2D eigenvalue weighted by molar-refractivity contribution is -0.119. The van der Waals surface area contributed by atoms with Gasteiger partial charge in [0.25, 0.3) is 5.91 Å². The van der Waals surface area contributed by atoms with Gasteiger partial charge in [0.15, 0.2) is 0 Å². The molecule has 0 aliphatic rings. The van der Waals surface area contributed by atoms with Crippen LogP contribution in [-0.2, 0) is 11.2 Å². The van der Waals surface area contributed by atoms with Crippen molar-refractivity contribution in [1.29, 1.82) is 0 Å². The van der Waals surface area contributed by atoms with E-state index in [1.807, 2.05) is 0 Å². The zero-order valence-corrected chi connectivity index (χ0v) is 13.6. The molecule has 2 rings (SSSR count). The fraction of sp³-hybridized carbons (Fsp3) is 0.176. The summed E-state index contributed by atoms with van der Waals surface area (Å²) < 4.78 is 18.0. The molecule has 2 aromatic carbocycles. The lowest BCUT2D eigenvalue weighted by Gasteiger charge is -2.16. The number of carbonyl (C=O) groups is 2. The van der Waals surface area contributed by atoms with Crippen LogP contribution in [0.2, 0.25) is 5.02 Å². The van der Waals surface area contributed by atoms with Gasteiger partial charge in [0.05, 0.1) is 12.1 Å². The zero-order valence-electron chi connectivity index (χ0n) is 12.9. The van der Waals surface area contributed by atoms with Gasteiger partial charge in [-0.2, -0.15) is 0 Å². The van der Waals surface area contributed by atoms with Crippen molar-refractivity contribution in [1.82, 2.24) is 5.32 Å². The number of hydrogen-bond acceptors (Lipinski definition) is 3. The molecule has 0 bridgehead atoms. The van der Waals surface area contributed by atoms with Crippen molar-refractivity contribution >= 4 is 23.4 Å². The van der Waals surface area contributed by atoms with Crippen LogP contribution in [0.5, 0.6) is 5.75 Å². The van der Waals surface area contributed by atoms with E-state index in [0.29, 0.717) is 16.3 Å². The Labute approximate surface area is 143 Å². The van der Waals surface area contributed by atoms with Crippen LogP contribution in [0.25, 0.3) is 0 Å². The molecule has 0 aliphatic heterocycles. The summed E-state index contributed by atoms with van der Waals surface area (Å²) in [6.45, 7) is 0. The molecule has 7 heteroatoms. The minimum atomic E-state index is -0.924. The summed E-state index contributed by atoms with van der Waals surface area (Å²) in [6, 6.07) is 9.09. The number of halogens is 2. The first-order valence-corrected chi connectivity index (χ1v) is 7.46. The first-order valence-electron chi connectivity index (χ1n) is 7.09. The van der Waals surface area contributed by atoms with Crippen LogP contribution in [-0.4, -0.2) is 25.0 Å². The van der Waals surface area contributed by atoms with E-state index in [2.05, 4.69) is 5.32 Å². The van der Waals surface area contributed by atoms with E-state index in [1.165, 1.54) is 19.2 Å². The predicted molar refractivity (Wildman–Crippen MR) is 88.6 cm³/mol. The van der Waals surface area contributed by atoms with E-state index in [-0.39, 0.29) is 12.0 Å². The molecule has 126 valence electrons. The third-order valence-corrected chi connectivity index (χ3v) is 3.71. The number of methoxy groups -OCH3 is 1. The van der Waals surface area contributed by atoms with Gasteiger partial charge in [-0.05, 0) is 42.0 Å². The molecule has 0 saturated carbocycles. The molecule has 0 aliphatic carbocycles. The smallest absolute Gasteiger partial charge is 0.251 e. The highest BCUT2D eigenvalue weighted by molar-refractivity contribution is 6.32. The zero-order chi connectivity index (χ0) is 17.7. The normalized spacial score (nSPS) is 11.6. The molecule has 0 fully saturated rings. The summed E-state index contributed by atoms with van der Waals surface area (Å²) in [5, 5.41) is 2.93. The largest absolute Gasteiger partial charge is 0.495 e. The first-order chi connectivity index (χ1) is 11.4. The third-order valence-electron chi connectivity index (χ3n) is 3.41. The molecule has 2 aromatic rings. The third kappa shape index (κ3) is 4.45. The summed E-state index contributed by atoms with van der Waals surface area (Å²) in [4.78, 5) is 23.8. The average molecular weight is 351 g/mol. The van der Waals surface area contributed by atoms with Gasteiger partial charge in [0.2, 0.25) is 5.91 Å². The Morgan fingerprint density at radius 1 is 1.25 bits per heavy atom. The van der Waals surface area contributed by atoms with Crippen LogP contribution in [0.1, 0.15) is 15.9 Å². The molecule has 5 nitrogen and oxygen atoms in total. The van der Waals surface area contributed by atoms with Gasteiger partial charge >= 0.3 is 0 Å². The molecule has 0 unspecified atom stereocenters. The van der Waals surface area contributed by atoms with Gasteiger partial charge in [0, 0.05) is 12.0 Å².